The molecule has 0 amide bonds. The predicted octanol–water partition coefficient (Wildman–Crippen LogP) is 16.3. The highest BCUT2D eigenvalue weighted by atomic mass is 32.1. The Morgan fingerprint density at radius 1 is 0.328 bits per heavy atom. The van der Waals surface area contributed by atoms with Crippen LogP contribution >= 0.6 is 11.3 Å². The van der Waals surface area contributed by atoms with E-state index < -0.39 is 0 Å². The minimum Gasteiger partial charge on any atom is -0.456 e. The van der Waals surface area contributed by atoms with Crippen LogP contribution in [0.2, 0.25) is 0 Å². The molecule has 0 fully saturated rings. The molecule has 0 unspecified atom stereocenters. The number of nitrogens with zero attached hydrogens (tertiary/aromatic N) is 1. The Hall–Kier alpha value is -7.40. The van der Waals surface area contributed by atoms with E-state index in [0.29, 0.717) is 0 Å². The van der Waals surface area contributed by atoms with Gasteiger partial charge in [-0.2, -0.15) is 0 Å². The van der Waals surface area contributed by atoms with E-state index >= 15 is 0 Å². The Kier molecular flexibility index (Phi) is 7.40. The van der Waals surface area contributed by atoms with Gasteiger partial charge >= 0.3 is 0 Å². The van der Waals surface area contributed by atoms with E-state index in [-0.39, 0.29) is 0 Å². The molecule has 0 saturated carbocycles. The quantitative estimate of drug-likeness (QED) is 0.169. The summed E-state index contributed by atoms with van der Waals surface area (Å²) < 4.78 is 16.0. The summed E-state index contributed by atoms with van der Waals surface area (Å²) in [4.78, 5) is 2.29. The van der Waals surface area contributed by atoms with Crippen molar-refractivity contribution in [3.63, 3.8) is 0 Å². The number of furan rings is 2. The molecule has 0 aliphatic heterocycles. The fraction of sp³-hybridized carbons (Fsp3) is 0. The van der Waals surface area contributed by atoms with Crippen molar-refractivity contribution in [2.75, 3.05) is 4.90 Å². The first kappa shape index (κ1) is 32.8. The van der Waals surface area contributed by atoms with Crippen LogP contribution in [-0.4, -0.2) is 0 Å². The number of fused-ring (bicyclic) bond motifs is 9. The minimum absolute atomic E-state index is 0.832. The van der Waals surface area contributed by atoms with Gasteiger partial charge in [-0.05, 0) is 82.4 Å². The SMILES string of the molecule is c1ccc(-c2cccc3c2oc2c(N(c4ccc(-c5ccc(-c6ccc7sc8ccccc8c7c6)cc5)cc4)c4ccc5c(c4)oc4ccccc45)cccc23)cc1. The van der Waals surface area contributed by atoms with Crippen molar-refractivity contribution < 1.29 is 8.83 Å². The molecule has 0 aliphatic rings. The topological polar surface area (TPSA) is 29.5 Å². The van der Waals surface area contributed by atoms with Gasteiger partial charge in [0.15, 0.2) is 5.58 Å². The van der Waals surface area contributed by atoms with Crippen LogP contribution < -0.4 is 4.90 Å². The summed E-state index contributed by atoms with van der Waals surface area (Å²) in [5.41, 5.74) is 13.3. The van der Waals surface area contributed by atoms with Gasteiger partial charge in [-0.3, -0.25) is 0 Å². The van der Waals surface area contributed by atoms with Gasteiger partial charge in [-0.1, -0.05) is 140 Å². The number of para-hydroxylation sites is 3. The molecule has 0 aliphatic carbocycles. The molecule has 0 N–H and O–H groups in total. The lowest BCUT2D eigenvalue weighted by Gasteiger charge is -2.25. The van der Waals surface area contributed by atoms with Crippen LogP contribution in [0.25, 0.3) is 97.4 Å². The van der Waals surface area contributed by atoms with Gasteiger partial charge in [-0.25, -0.2) is 0 Å². The highest BCUT2D eigenvalue weighted by Gasteiger charge is 2.22. The van der Waals surface area contributed by atoms with Crippen molar-refractivity contribution in [2.45, 2.75) is 0 Å². The first-order valence-electron chi connectivity index (χ1n) is 19.6. The van der Waals surface area contributed by atoms with Crippen molar-refractivity contribution in [3.05, 3.63) is 200 Å². The Morgan fingerprint density at radius 3 is 1.76 bits per heavy atom. The van der Waals surface area contributed by atoms with E-state index in [1.807, 2.05) is 29.5 Å². The van der Waals surface area contributed by atoms with Crippen LogP contribution in [0.4, 0.5) is 17.1 Å². The maximum atomic E-state index is 6.94. The van der Waals surface area contributed by atoms with E-state index in [4.69, 9.17) is 8.83 Å². The standard InChI is InChI=1S/C54H33NO2S/c1-2-10-37(11-3-1)41-14-8-15-45-46-16-9-17-48(54(46)57-53(41)45)55(40-29-30-43-42-12-4-6-18-49(42)56-50(43)33-40)39-27-24-35(25-28-39)34-20-22-36(23-21-34)38-26-31-52-47(32-38)44-13-5-7-19-51(44)58-52/h1-33H. The van der Waals surface area contributed by atoms with E-state index in [2.05, 4.69) is 187 Å². The molecule has 0 bridgehead atoms. The molecule has 272 valence electrons. The van der Waals surface area contributed by atoms with Gasteiger partial charge in [0.2, 0.25) is 0 Å². The van der Waals surface area contributed by atoms with Crippen molar-refractivity contribution in [1.29, 1.82) is 0 Å². The monoisotopic (exact) mass is 759 g/mol. The Bertz CT molecular complexity index is 3500. The number of hydrogen-bond acceptors (Lipinski definition) is 4. The Balaban J connectivity index is 0.961. The molecule has 4 heteroatoms. The molecule has 3 nitrogen and oxygen atoms in total. The fourth-order valence-electron chi connectivity index (χ4n) is 8.67. The third-order valence-electron chi connectivity index (χ3n) is 11.5. The molecule has 58 heavy (non-hydrogen) atoms. The van der Waals surface area contributed by atoms with Gasteiger partial charge in [0.05, 0.1) is 11.4 Å². The fourth-order valence-corrected chi connectivity index (χ4v) is 9.76. The van der Waals surface area contributed by atoms with E-state index in [1.165, 1.54) is 36.9 Å². The lowest BCUT2D eigenvalue weighted by molar-refractivity contribution is 0.668. The zero-order chi connectivity index (χ0) is 38.2. The molecular weight excluding hydrogens is 727 g/mol. The van der Waals surface area contributed by atoms with E-state index in [1.54, 1.807) is 0 Å². The second-order valence-corrected chi connectivity index (χ2v) is 15.9. The number of anilines is 3. The van der Waals surface area contributed by atoms with Gasteiger partial charge in [0, 0.05) is 59.0 Å². The summed E-state index contributed by atoms with van der Waals surface area (Å²) in [6.45, 7) is 0. The maximum Gasteiger partial charge on any atom is 0.159 e. The molecular formula is C54H33NO2S. The summed E-state index contributed by atoms with van der Waals surface area (Å²) in [5, 5.41) is 7.00. The molecule has 3 aromatic heterocycles. The second-order valence-electron chi connectivity index (χ2n) is 14.9. The van der Waals surface area contributed by atoms with Crippen LogP contribution in [0, 0.1) is 0 Å². The Labute approximate surface area is 338 Å². The zero-order valence-electron chi connectivity index (χ0n) is 31.2. The van der Waals surface area contributed by atoms with Crippen molar-refractivity contribution in [2.24, 2.45) is 0 Å². The van der Waals surface area contributed by atoms with Crippen molar-refractivity contribution in [1.82, 2.24) is 0 Å². The molecule has 3 heterocycles. The Morgan fingerprint density at radius 2 is 0.931 bits per heavy atom. The van der Waals surface area contributed by atoms with Gasteiger partial charge in [-0.15, -0.1) is 11.3 Å². The smallest absolute Gasteiger partial charge is 0.159 e. The number of benzene rings is 9. The largest absolute Gasteiger partial charge is 0.456 e. The van der Waals surface area contributed by atoms with Gasteiger partial charge in [0.1, 0.15) is 16.7 Å². The van der Waals surface area contributed by atoms with Crippen LogP contribution in [-0.2, 0) is 0 Å². The van der Waals surface area contributed by atoms with E-state index in [9.17, 15) is 0 Å². The van der Waals surface area contributed by atoms with Gasteiger partial charge in [0.25, 0.3) is 0 Å². The van der Waals surface area contributed by atoms with Crippen LogP contribution in [0.15, 0.2) is 209 Å². The molecule has 0 saturated heterocycles. The molecule has 0 radical (unpaired) electrons. The minimum atomic E-state index is 0.832. The maximum absolute atomic E-state index is 6.94. The predicted molar refractivity (Wildman–Crippen MR) is 245 cm³/mol. The zero-order valence-corrected chi connectivity index (χ0v) is 32.0. The summed E-state index contributed by atoms with van der Waals surface area (Å²) in [5.74, 6) is 0. The highest BCUT2D eigenvalue weighted by molar-refractivity contribution is 7.25. The summed E-state index contributed by atoms with van der Waals surface area (Å²) in [6, 6.07) is 71.3. The molecule has 0 spiro atoms. The molecule has 12 rings (SSSR count). The summed E-state index contributed by atoms with van der Waals surface area (Å²) in [7, 11) is 0. The molecule has 9 aromatic carbocycles. The third-order valence-corrected chi connectivity index (χ3v) is 12.7. The summed E-state index contributed by atoms with van der Waals surface area (Å²) in [6.07, 6.45) is 0. The first-order valence-corrected chi connectivity index (χ1v) is 20.4. The molecule has 12 aromatic rings. The average Bonchev–Trinajstić information content (AvgIpc) is 3.98. The highest BCUT2D eigenvalue weighted by Crippen LogP contribution is 2.45. The van der Waals surface area contributed by atoms with Crippen LogP contribution in [0.1, 0.15) is 0 Å². The third kappa shape index (κ3) is 5.27. The van der Waals surface area contributed by atoms with Crippen LogP contribution in [0.5, 0.6) is 0 Å². The van der Waals surface area contributed by atoms with E-state index in [0.717, 1.165) is 77.6 Å². The average molecular weight is 760 g/mol. The number of rotatable bonds is 6. The molecule has 0 atom stereocenters. The van der Waals surface area contributed by atoms with Gasteiger partial charge < -0.3 is 13.7 Å². The van der Waals surface area contributed by atoms with Crippen molar-refractivity contribution >= 4 is 92.4 Å². The second kappa shape index (κ2) is 13.1. The first-order chi connectivity index (χ1) is 28.7. The lowest BCUT2D eigenvalue weighted by atomic mass is 9.99. The lowest BCUT2D eigenvalue weighted by Crippen LogP contribution is -2.10. The normalized spacial score (nSPS) is 11.8. The summed E-state index contributed by atoms with van der Waals surface area (Å²) >= 11 is 1.85. The number of hydrogen-bond donors (Lipinski definition) is 0. The van der Waals surface area contributed by atoms with Crippen molar-refractivity contribution in [3.8, 4) is 33.4 Å². The van der Waals surface area contributed by atoms with Crippen LogP contribution in [0.3, 0.4) is 0 Å². The number of thiophene rings is 1.